The van der Waals surface area contributed by atoms with Crippen LogP contribution in [-0.4, -0.2) is 11.1 Å². The number of carboxylic acid groups (broad SMARTS) is 1. The highest BCUT2D eigenvalue weighted by molar-refractivity contribution is 6.42. The van der Waals surface area contributed by atoms with Crippen LogP contribution in [0.4, 0.5) is 0 Å². The third-order valence-corrected chi connectivity index (χ3v) is 2.51. The van der Waals surface area contributed by atoms with E-state index in [-0.39, 0.29) is 18.8 Å². The Labute approximate surface area is 104 Å². The third kappa shape index (κ3) is 4.26. The molecule has 0 saturated heterocycles. The van der Waals surface area contributed by atoms with E-state index in [1.807, 2.05) is 0 Å². The summed E-state index contributed by atoms with van der Waals surface area (Å²) in [5.74, 6) is -0.941. The molecule has 1 aromatic rings. The number of halogens is 3. The second-order valence-corrected chi connectivity index (χ2v) is 3.69. The van der Waals surface area contributed by atoms with Gasteiger partial charge in [-0.1, -0.05) is 29.3 Å². The Bertz CT molecular complexity index is 357. The van der Waals surface area contributed by atoms with Crippen molar-refractivity contribution in [3.8, 4) is 0 Å². The van der Waals surface area contributed by atoms with E-state index in [2.05, 4.69) is 0 Å². The zero-order valence-corrected chi connectivity index (χ0v) is 9.94. The molecule has 0 aromatic heterocycles. The summed E-state index contributed by atoms with van der Waals surface area (Å²) in [6.45, 7) is 0. The minimum Gasteiger partial charge on any atom is -0.481 e. The predicted molar refractivity (Wildman–Crippen MR) is 62.9 cm³/mol. The second-order valence-electron chi connectivity index (χ2n) is 2.88. The minimum atomic E-state index is -0.941. The average Bonchev–Trinajstić information content (AvgIpc) is 2.08. The fourth-order valence-corrected chi connectivity index (χ4v) is 1.36. The molecular formula is C9H10Cl3NO2. The Hall–Kier alpha value is -0.480. The van der Waals surface area contributed by atoms with Crippen molar-refractivity contribution in [2.75, 3.05) is 0 Å². The van der Waals surface area contributed by atoms with E-state index < -0.39 is 12.0 Å². The van der Waals surface area contributed by atoms with E-state index in [1.54, 1.807) is 18.2 Å². The van der Waals surface area contributed by atoms with Gasteiger partial charge in [-0.2, -0.15) is 0 Å². The molecule has 1 aromatic carbocycles. The van der Waals surface area contributed by atoms with E-state index >= 15 is 0 Å². The fraction of sp³-hybridized carbons (Fsp3) is 0.222. The Morgan fingerprint density at radius 1 is 1.40 bits per heavy atom. The Morgan fingerprint density at radius 3 is 2.47 bits per heavy atom. The summed E-state index contributed by atoms with van der Waals surface area (Å²) in [6, 6.07) is 4.29. The molecular weight excluding hydrogens is 260 g/mol. The van der Waals surface area contributed by atoms with Crippen molar-refractivity contribution in [1.82, 2.24) is 0 Å². The zero-order valence-electron chi connectivity index (χ0n) is 7.61. The molecule has 84 valence electrons. The topological polar surface area (TPSA) is 63.3 Å². The van der Waals surface area contributed by atoms with Crippen LogP contribution in [-0.2, 0) is 4.79 Å². The van der Waals surface area contributed by atoms with Gasteiger partial charge in [0.1, 0.15) is 0 Å². The maximum absolute atomic E-state index is 10.4. The number of rotatable bonds is 3. The first-order valence-electron chi connectivity index (χ1n) is 3.93. The lowest BCUT2D eigenvalue weighted by Gasteiger charge is -2.09. The Kier molecular flexibility index (Phi) is 5.98. The van der Waals surface area contributed by atoms with E-state index in [4.69, 9.17) is 34.0 Å². The molecule has 0 aliphatic heterocycles. The van der Waals surface area contributed by atoms with Crippen LogP contribution >= 0.6 is 35.6 Å². The van der Waals surface area contributed by atoms with Gasteiger partial charge in [-0.15, -0.1) is 12.4 Å². The van der Waals surface area contributed by atoms with Crippen molar-refractivity contribution in [2.45, 2.75) is 12.5 Å². The monoisotopic (exact) mass is 269 g/mol. The molecule has 0 spiro atoms. The van der Waals surface area contributed by atoms with E-state index in [9.17, 15) is 4.79 Å². The summed E-state index contributed by atoms with van der Waals surface area (Å²) < 4.78 is 0. The minimum absolute atomic E-state index is 0. The molecule has 0 saturated carbocycles. The Morgan fingerprint density at radius 2 is 2.00 bits per heavy atom. The average molecular weight is 271 g/mol. The lowest BCUT2D eigenvalue weighted by Crippen LogP contribution is -2.14. The van der Waals surface area contributed by atoms with Crippen LogP contribution in [0.15, 0.2) is 18.2 Å². The molecule has 0 amide bonds. The van der Waals surface area contributed by atoms with Gasteiger partial charge in [-0.05, 0) is 17.7 Å². The number of nitrogens with two attached hydrogens (primary N) is 1. The van der Waals surface area contributed by atoms with Crippen molar-refractivity contribution in [2.24, 2.45) is 5.73 Å². The predicted octanol–water partition coefficient (Wildman–Crippen LogP) is 2.89. The van der Waals surface area contributed by atoms with Crippen molar-refractivity contribution in [3.05, 3.63) is 33.8 Å². The summed E-state index contributed by atoms with van der Waals surface area (Å²) in [5, 5.41) is 9.34. The molecule has 6 heteroatoms. The number of carbonyl (C=O) groups is 1. The van der Waals surface area contributed by atoms with Crippen LogP contribution < -0.4 is 5.73 Å². The van der Waals surface area contributed by atoms with E-state index in [1.165, 1.54) is 0 Å². The van der Waals surface area contributed by atoms with Crippen LogP contribution in [0.2, 0.25) is 10.0 Å². The van der Waals surface area contributed by atoms with Gasteiger partial charge in [-0.3, -0.25) is 4.79 Å². The first kappa shape index (κ1) is 14.5. The van der Waals surface area contributed by atoms with Gasteiger partial charge in [0.15, 0.2) is 0 Å². The van der Waals surface area contributed by atoms with Crippen molar-refractivity contribution in [1.29, 1.82) is 0 Å². The van der Waals surface area contributed by atoms with Gasteiger partial charge in [-0.25, -0.2) is 0 Å². The van der Waals surface area contributed by atoms with Gasteiger partial charge in [0.05, 0.1) is 16.5 Å². The maximum atomic E-state index is 10.4. The molecule has 0 aliphatic rings. The second kappa shape index (κ2) is 6.18. The summed E-state index contributed by atoms with van der Waals surface area (Å²) in [6.07, 6.45) is -0.127. The molecule has 0 unspecified atom stereocenters. The number of aliphatic carboxylic acids is 1. The SMILES string of the molecule is Cl.N[C@H](CC(=O)O)c1ccc(Cl)c(Cl)c1. The van der Waals surface area contributed by atoms with Gasteiger partial charge < -0.3 is 10.8 Å². The first-order chi connectivity index (χ1) is 6.50. The highest BCUT2D eigenvalue weighted by Gasteiger charge is 2.11. The number of hydrogen-bond donors (Lipinski definition) is 2. The van der Waals surface area contributed by atoms with E-state index in [0.29, 0.717) is 15.6 Å². The van der Waals surface area contributed by atoms with Crippen molar-refractivity contribution in [3.63, 3.8) is 0 Å². The van der Waals surface area contributed by atoms with Gasteiger partial charge >= 0.3 is 5.97 Å². The molecule has 0 aliphatic carbocycles. The van der Waals surface area contributed by atoms with Gasteiger partial charge in [0.25, 0.3) is 0 Å². The number of benzene rings is 1. The molecule has 0 fully saturated rings. The molecule has 0 bridgehead atoms. The zero-order chi connectivity index (χ0) is 10.7. The highest BCUT2D eigenvalue weighted by atomic mass is 35.5. The van der Waals surface area contributed by atoms with Gasteiger partial charge in [0, 0.05) is 6.04 Å². The Balaban J connectivity index is 0.00000196. The van der Waals surface area contributed by atoms with Crippen LogP contribution in [0.25, 0.3) is 0 Å². The summed E-state index contributed by atoms with van der Waals surface area (Å²) >= 11 is 11.5. The van der Waals surface area contributed by atoms with Crippen LogP contribution in [0.3, 0.4) is 0 Å². The molecule has 1 rings (SSSR count). The quantitative estimate of drug-likeness (QED) is 0.887. The molecule has 15 heavy (non-hydrogen) atoms. The third-order valence-electron chi connectivity index (χ3n) is 1.77. The summed E-state index contributed by atoms with van der Waals surface area (Å²) in [4.78, 5) is 10.4. The van der Waals surface area contributed by atoms with Gasteiger partial charge in [0.2, 0.25) is 0 Å². The van der Waals surface area contributed by atoms with Crippen LogP contribution in [0.5, 0.6) is 0 Å². The lowest BCUT2D eigenvalue weighted by atomic mass is 10.1. The normalized spacial score (nSPS) is 11.7. The van der Waals surface area contributed by atoms with Crippen LogP contribution in [0.1, 0.15) is 18.0 Å². The largest absolute Gasteiger partial charge is 0.481 e. The molecule has 1 atom stereocenters. The summed E-state index contributed by atoms with van der Waals surface area (Å²) in [5.41, 5.74) is 6.30. The number of carboxylic acids is 1. The fourth-order valence-electron chi connectivity index (χ4n) is 1.05. The van der Waals surface area contributed by atoms with E-state index in [0.717, 1.165) is 0 Å². The smallest absolute Gasteiger partial charge is 0.305 e. The molecule has 3 N–H and O–H groups in total. The first-order valence-corrected chi connectivity index (χ1v) is 4.68. The highest BCUT2D eigenvalue weighted by Crippen LogP contribution is 2.25. The molecule has 0 heterocycles. The van der Waals surface area contributed by atoms with Crippen molar-refractivity contribution >= 4 is 41.6 Å². The maximum Gasteiger partial charge on any atom is 0.305 e. The molecule has 3 nitrogen and oxygen atoms in total. The molecule has 0 radical (unpaired) electrons. The number of hydrogen-bond acceptors (Lipinski definition) is 2. The summed E-state index contributed by atoms with van der Waals surface area (Å²) in [7, 11) is 0. The van der Waals surface area contributed by atoms with Crippen molar-refractivity contribution < 1.29 is 9.90 Å². The van der Waals surface area contributed by atoms with Crippen LogP contribution in [0, 0.1) is 0 Å². The lowest BCUT2D eigenvalue weighted by molar-refractivity contribution is -0.137. The standard InChI is InChI=1S/C9H9Cl2NO2.ClH/c10-6-2-1-5(3-7(6)11)8(12)4-9(13)14;/h1-3,8H,4,12H2,(H,13,14);1H/t8-;/m1./s1.